The molecule has 1 atom stereocenters. The number of pyridine rings is 1. The third kappa shape index (κ3) is 4.86. The Hall–Kier alpha value is -3.29. The van der Waals surface area contributed by atoms with Crippen molar-refractivity contribution in [3.8, 4) is 0 Å². The van der Waals surface area contributed by atoms with E-state index in [1.807, 2.05) is 33.2 Å². The third-order valence-corrected chi connectivity index (χ3v) is 7.02. The van der Waals surface area contributed by atoms with Crippen molar-refractivity contribution in [3.63, 3.8) is 0 Å². The van der Waals surface area contributed by atoms with Crippen LogP contribution in [0.2, 0.25) is 0 Å². The number of allylic oxidation sites excluding steroid dienone is 2. The van der Waals surface area contributed by atoms with Crippen molar-refractivity contribution in [2.75, 3.05) is 31.1 Å². The fourth-order valence-electron chi connectivity index (χ4n) is 5.38. The van der Waals surface area contributed by atoms with Crippen LogP contribution in [-0.2, 0) is 17.6 Å². The number of carbonyl (C=O) groups excluding carboxylic acids is 1. The van der Waals surface area contributed by atoms with E-state index in [0.717, 1.165) is 42.4 Å². The van der Waals surface area contributed by atoms with Gasteiger partial charge in [-0.1, -0.05) is 13.8 Å². The molecular weight excluding hydrogens is 452 g/mol. The first-order valence-corrected chi connectivity index (χ1v) is 12.9. The van der Waals surface area contributed by atoms with E-state index >= 15 is 0 Å². The van der Waals surface area contributed by atoms with Gasteiger partial charge in [-0.25, -0.2) is 14.8 Å². The lowest BCUT2D eigenvalue weighted by atomic mass is 9.85. The lowest BCUT2D eigenvalue weighted by Crippen LogP contribution is -2.50. The minimum Gasteiger partial charge on any atom is -0.444 e. The van der Waals surface area contributed by atoms with Gasteiger partial charge in [0.25, 0.3) is 0 Å². The van der Waals surface area contributed by atoms with Gasteiger partial charge in [-0.2, -0.15) is 0 Å². The Morgan fingerprint density at radius 1 is 1.11 bits per heavy atom. The second-order valence-electron chi connectivity index (χ2n) is 11.3. The summed E-state index contributed by atoms with van der Waals surface area (Å²) in [6.45, 7) is 15.1. The zero-order valence-corrected chi connectivity index (χ0v) is 22.2. The van der Waals surface area contributed by atoms with Gasteiger partial charge in [0.15, 0.2) is 0 Å². The molecule has 0 aromatic carbocycles. The van der Waals surface area contributed by atoms with Gasteiger partial charge in [0.2, 0.25) is 0 Å². The predicted molar refractivity (Wildman–Crippen MR) is 141 cm³/mol. The molecule has 2 aromatic heterocycles. The van der Waals surface area contributed by atoms with Gasteiger partial charge in [-0.3, -0.25) is 9.98 Å². The van der Waals surface area contributed by atoms with Crippen molar-refractivity contribution in [1.82, 2.24) is 19.9 Å². The van der Waals surface area contributed by atoms with Crippen LogP contribution in [0, 0.1) is 11.8 Å². The molecule has 2 aliphatic heterocycles. The van der Waals surface area contributed by atoms with Crippen LogP contribution in [0.3, 0.4) is 0 Å². The highest BCUT2D eigenvalue weighted by atomic mass is 16.6. The maximum absolute atomic E-state index is 12.3. The summed E-state index contributed by atoms with van der Waals surface area (Å²) in [5, 5.41) is 0. The van der Waals surface area contributed by atoms with Gasteiger partial charge in [-0.05, 0) is 45.7 Å². The summed E-state index contributed by atoms with van der Waals surface area (Å²) in [5.41, 5.74) is 7.45. The Morgan fingerprint density at radius 3 is 2.50 bits per heavy atom. The largest absolute Gasteiger partial charge is 0.444 e. The quantitative estimate of drug-likeness (QED) is 0.629. The molecular formula is C28H36N6O2. The van der Waals surface area contributed by atoms with Gasteiger partial charge >= 0.3 is 6.09 Å². The van der Waals surface area contributed by atoms with Crippen LogP contribution in [0.5, 0.6) is 0 Å². The summed E-state index contributed by atoms with van der Waals surface area (Å²) in [4.78, 5) is 35.5. The first-order chi connectivity index (χ1) is 17.1. The van der Waals surface area contributed by atoms with Crippen molar-refractivity contribution in [1.29, 1.82) is 0 Å². The fraction of sp³-hybridized carbons (Fsp3) is 0.536. The molecule has 8 heteroatoms. The van der Waals surface area contributed by atoms with Crippen LogP contribution in [0.15, 0.2) is 35.2 Å². The van der Waals surface area contributed by atoms with E-state index in [1.54, 1.807) is 4.90 Å². The second-order valence-corrected chi connectivity index (χ2v) is 11.3. The monoisotopic (exact) mass is 488 g/mol. The number of fused-ring (bicyclic) bond motifs is 2. The summed E-state index contributed by atoms with van der Waals surface area (Å²) in [5.74, 6) is 1.63. The number of amides is 1. The summed E-state index contributed by atoms with van der Waals surface area (Å²) in [7, 11) is 0. The molecule has 1 aliphatic carbocycles. The average molecular weight is 489 g/mol. The summed E-state index contributed by atoms with van der Waals surface area (Å²) >= 11 is 0. The van der Waals surface area contributed by atoms with Crippen LogP contribution >= 0.6 is 0 Å². The zero-order chi connectivity index (χ0) is 25.6. The van der Waals surface area contributed by atoms with E-state index in [4.69, 9.17) is 19.7 Å². The van der Waals surface area contributed by atoms with E-state index in [2.05, 4.69) is 42.8 Å². The molecule has 0 N–H and O–H groups in total. The molecule has 1 saturated heterocycles. The van der Waals surface area contributed by atoms with Gasteiger partial charge in [0, 0.05) is 67.3 Å². The van der Waals surface area contributed by atoms with Crippen molar-refractivity contribution >= 4 is 23.1 Å². The van der Waals surface area contributed by atoms with Crippen molar-refractivity contribution in [2.45, 2.75) is 60.0 Å². The number of ether oxygens (including phenoxy) is 1. The molecule has 0 bridgehead atoms. The molecule has 0 spiro atoms. The highest BCUT2D eigenvalue weighted by Gasteiger charge is 2.37. The Kier molecular flexibility index (Phi) is 6.30. The SMILES string of the molecule is CC1=NC2=C(c3nc(Cc4ccc(N5CCN(C(=O)OC(C)(C)C)CC5)cn4)ncc3C2)C1C(C)C. The fourth-order valence-corrected chi connectivity index (χ4v) is 5.38. The summed E-state index contributed by atoms with van der Waals surface area (Å²) < 4.78 is 5.50. The van der Waals surface area contributed by atoms with Gasteiger partial charge in [-0.15, -0.1) is 0 Å². The lowest BCUT2D eigenvalue weighted by molar-refractivity contribution is 0.0240. The molecule has 0 radical (unpaired) electrons. The average Bonchev–Trinajstić information content (AvgIpc) is 3.32. The molecule has 3 aliphatic rings. The number of carbonyl (C=O) groups is 1. The van der Waals surface area contributed by atoms with E-state index in [0.29, 0.717) is 31.3 Å². The van der Waals surface area contributed by atoms with E-state index in [1.165, 1.54) is 22.5 Å². The second kappa shape index (κ2) is 9.30. The normalized spacial score (nSPS) is 19.5. The predicted octanol–water partition coefficient (Wildman–Crippen LogP) is 4.53. The highest BCUT2D eigenvalue weighted by Crippen LogP contribution is 2.44. The molecule has 0 saturated carbocycles. The van der Waals surface area contributed by atoms with Crippen molar-refractivity contribution in [2.24, 2.45) is 16.8 Å². The minimum absolute atomic E-state index is 0.244. The van der Waals surface area contributed by atoms with Crippen LogP contribution in [-0.4, -0.2) is 63.4 Å². The molecule has 8 nitrogen and oxygen atoms in total. The van der Waals surface area contributed by atoms with Crippen LogP contribution < -0.4 is 4.90 Å². The topological polar surface area (TPSA) is 83.8 Å². The number of aliphatic imine (C=N–C) groups is 1. The Balaban J connectivity index is 1.22. The molecule has 1 fully saturated rings. The Bertz CT molecular complexity index is 1220. The van der Waals surface area contributed by atoms with E-state index in [-0.39, 0.29) is 6.09 Å². The number of nitrogens with zero attached hydrogens (tertiary/aromatic N) is 6. The van der Waals surface area contributed by atoms with Crippen LogP contribution in [0.1, 0.15) is 64.3 Å². The number of hydrogen-bond donors (Lipinski definition) is 0. The van der Waals surface area contributed by atoms with Crippen LogP contribution in [0.25, 0.3) is 5.57 Å². The first-order valence-electron chi connectivity index (χ1n) is 12.9. The minimum atomic E-state index is -0.476. The maximum Gasteiger partial charge on any atom is 0.410 e. The number of rotatable bonds is 4. The first kappa shape index (κ1) is 24.4. The van der Waals surface area contributed by atoms with E-state index in [9.17, 15) is 4.79 Å². The molecule has 1 unspecified atom stereocenters. The summed E-state index contributed by atoms with van der Waals surface area (Å²) in [6, 6.07) is 4.15. The third-order valence-electron chi connectivity index (χ3n) is 7.02. The highest BCUT2D eigenvalue weighted by molar-refractivity contribution is 6.02. The van der Waals surface area contributed by atoms with Gasteiger partial charge < -0.3 is 14.5 Å². The Labute approximate surface area is 213 Å². The van der Waals surface area contributed by atoms with Gasteiger partial charge in [0.1, 0.15) is 11.4 Å². The van der Waals surface area contributed by atoms with Crippen molar-refractivity contribution in [3.05, 3.63) is 53.0 Å². The summed E-state index contributed by atoms with van der Waals surface area (Å²) in [6.07, 6.45) is 5.06. The zero-order valence-electron chi connectivity index (χ0n) is 22.2. The standard InChI is InChI=1S/C28H36N6O2/c1-17(2)24-18(3)31-22-13-19-15-30-23(32-26(19)25(22)24)14-20-7-8-21(16-29-20)33-9-11-34(12-10-33)27(35)36-28(4,5)6/h7-8,15-17,24H,9-14H2,1-6H3. The molecule has 36 heavy (non-hydrogen) atoms. The maximum atomic E-state index is 12.3. The lowest BCUT2D eigenvalue weighted by Gasteiger charge is -2.36. The molecule has 4 heterocycles. The molecule has 1 amide bonds. The number of hydrogen-bond acceptors (Lipinski definition) is 7. The van der Waals surface area contributed by atoms with Crippen LogP contribution in [0.4, 0.5) is 10.5 Å². The van der Waals surface area contributed by atoms with E-state index < -0.39 is 5.60 Å². The number of anilines is 1. The Morgan fingerprint density at radius 2 is 1.86 bits per heavy atom. The smallest absolute Gasteiger partial charge is 0.410 e. The molecule has 190 valence electrons. The number of aromatic nitrogens is 3. The number of piperazine rings is 1. The van der Waals surface area contributed by atoms with Gasteiger partial charge in [0.05, 0.1) is 29.7 Å². The molecule has 5 rings (SSSR count). The molecule has 2 aromatic rings. The van der Waals surface area contributed by atoms with Crippen molar-refractivity contribution < 1.29 is 9.53 Å².